The Labute approximate surface area is 97.6 Å². The van der Waals surface area contributed by atoms with Crippen LogP contribution in [0.3, 0.4) is 0 Å². The summed E-state index contributed by atoms with van der Waals surface area (Å²) in [4.78, 5) is 14.8. The highest BCUT2D eigenvalue weighted by Crippen LogP contribution is 2.21. The first-order valence-electron chi connectivity index (χ1n) is 5.04. The van der Waals surface area contributed by atoms with E-state index in [1.807, 2.05) is 19.1 Å². The Morgan fingerprint density at radius 3 is 2.47 bits per heavy atom. The lowest BCUT2D eigenvalue weighted by atomic mass is 10.0. The van der Waals surface area contributed by atoms with Gasteiger partial charge in [-0.2, -0.15) is 0 Å². The molecule has 1 heterocycles. The normalized spacial score (nSPS) is 10.2. The van der Waals surface area contributed by atoms with E-state index in [1.54, 1.807) is 12.3 Å². The van der Waals surface area contributed by atoms with Gasteiger partial charge in [-0.25, -0.2) is 9.18 Å². The fourth-order valence-corrected chi connectivity index (χ4v) is 1.51. The summed E-state index contributed by atoms with van der Waals surface area (Å²) < 4.78 is 13.5. The smallest absolute Gasteiger partial charge is 0.338 e. The van der Waals surface area contributed by atoms with Gasteiger partial charge in [0.25, 0.3) is 0 Å². The molecule has 0 radical (unpaired) electrons. The fourth-order valence-electron chi connectivity index (χ4n) is 1.51. The Morgan fingerprint density at radius 2 is 1.94 bits per heavy atom. The minimum Gasteiger partial charge on any atom is -0.478 e. The van der Waals surface area contributed by atoms with Crippen molar-refractivity contribution < 1.29 is 14.3 Å². The van der Waals surface area contributed by atoms with E-state index in [-0.39, 0.29) is 5.56 Å². The molecule has 17 heavy (non-hydrogen) atoms. The number of hydrogen-bond acceptors (Lipinski definition) is 2. The number of hydrogen-bond donors (Lipinski definition) is 1. The molecular weight excluding hydrogens is 221 g/mol. The van der Waals surface area contributed by atoms with Crippen molar-refractivity contribution in [3.8, 4) is 11.1 Å². The van der Waals surface area contributed by atoms with Crippen LogP contribution in [0.1, 0.15) is 16.1 Å². The minimum absolute atomic E-state index is 0.325. The number of halogens is 1. The zero-order valence-electron chi connectivity index (χ0n) is 9.14. The molecule has 0 aliphatic carbocycles. The van der Waals surface area contributed by atoms with Gasteiger partial charge in [-0.15, -0.1) is 0 Å². The third kappa shape index (κ3) is 2.30. The molecular formula is C13H10FNO2. The second-order valence-electron chi connectivity index (χ2n) is 3.69. The van der Waals surface area contributed by atoms with Crippen molar-refractivity contribution in [1.29, 1.82) is 0 Å². The van der Waals surface area contributed by atoms with Crippen LogP contribution in [0.25, 0.3) is 11.1 Å². The number of carboxylic acids is 1. The number of aromatic carboxylic acids is 1. The molecule has 4 heteroatoms. The summed E-state index contributed by atoms with van der Waals surface area (Å²) in [6, 6.07) is 7.66. The van der Waals surface area contributed by atoms with E-state index in [0.29, 0.717) is 5.56 Å². The molecule has 1 aromatic heterocycles. The predicted molar refractivity (Wildman–Crippen MR) is 61.3 cm³/mol. The molecule has 1 N–H and O–H groups in total. The van der Waals surface area contributed by atoms with Gasteiger partial charge in [-0.05, 0) is 30.7 Å². The molecule has 0 aliphatic rings. The number of nitrogens with zero attached hydrogens (tertiary/aromatic N) is 1. The molecule has 0 saturated heterocycles. The van der Waals surface area contributed by atoms with Crippen LogP contribution in [-0.2, 0) is 0 Å². The van der Waals surface area contributed by atoms with Crippen molar-refractivity contribution in [3.05, 3.63) is 53.6 Å². The van der Waals surface area contributed by atoms with E-state index < -0.39 is 11.8 Å². The standard InChI is InChI=1S/C13H10FNO2/c1-8-2-3-10(7-15-8)9-4-5-11(13(16)17)12(14)6-9/h2-7H,1H3,(H,16,17). The lowest BCUT2D eigenvalue weighted by Crippen LogP contribution is -2.00. The molecule has 0 fully saturated rings. The molecule has 3 nitrogen and oxygen atoms in total. The molecule has 0 bridgehead atoms. The first-order valence-corrected chi connectivity index (χ1v) is 5.04. The van der Waals surface area contributed by atoms with Gasteiger partial charge >= 0.3 is 5.97 Å². The molecule has 1 aromatic carbocycles. The Balaban J connectivity index is 2.44. The number of aryl methyl sites for hydroxylation is 1. The quantitative estimate of drug-likeness (QED) is 0.864. The SMILES string of the molecule is Cc1ccc(-c2ccc(C(=O)O)c(F)c2)cn1. The molecule has 0 aliphatic heterocycles. The fraction of sp³-hybridized carbons (Fsp3) is 0.0769. The molecule has 2 aromatic rings. The highest BCUT2D eigenvalue weighted by atomic mass is 19.1. The largest absolute Gasteiger partial charge is 0.478 e. The summed E-state index contributed by atoms with van der Waals surface area (Å²) >= 11 is 0. The van der Waals surface area contributed by atoms with Crippen LogP contribution >= 0.6 is 0 Å². The second kappa shape index (κ2) is 4.33. The van der Waals surface area contributed by atoms with Gasteiger partial charge in [0.05, 0.1) is 5.56 Å². The molecule has 0 amide bonds. The summed E-state index contributed by atoms with van der Waals surface area (Å²) in [5.74, 6) is -2.01. The van der Waals surface area contributed by atoms with Gasteiger partial charge in [0.2, 0.25) is 0 Å². The topological polar surface area (TPSA) is 50.2 Å². The Hall–Kier alpha value is -2.23. The monoisotopic (exact) mass is 231 g/mol. The molecule has 0 unspecified atom stereocenters. The van der Waals surface area contributed by atoms with Gasteiger partial charge in [0.1, 0.15) is 5.82 Å². The van der Waals surface area contributed by atoms with E-state index in [0.717, 1.165) is 11.3 Å². The van der Waals surface area contributed by atoms with E-state index in [9.17, 15) is 9.18 Å². The number of pyridine rings is 1. The zero-order valence-corrected chi connectivity index (χ0v) is 9.14. The van der Waals surface area contributed by atoms with Gasteiger partial charge in [0.15, 0.2) is 0 Å². The van der Waals surface area contributed by atoms with Crippen molar-refractivity contribution in [2.24, 2.45) is 0 Å². The van der Waals surface area contributed by atoms with Gasteiger partial charge in [-0.3, -0.25) is 4.98 Å². The van der Waals surface area contributed by atoms with Crippen molar-refractivity contribution in [3.63, 3.8) is 0 Å². The summed E-state index contributed by atoms with van der Waals surface area (Å²) in [7, 11) is 0. The minimum atomic E-state index is -1.27. The Kier molecular flexibility index (Phi) is 2.87. The van der Waals surface area contributed by atoms with Crippen LogP contribution in [-0.4, -0.2) is 16.1 Å². The van der Waals surface area contributed by atoms with Crippen LogP contribution in [0.5, 0.6) is 0 Å². The highest BCUT2D eigenvalue weighted by Gasteiger charge is 2.10. The lowest BCUT2D eigenvalue weighted by molar-refractivity contribution is 0.0692. The van der Waals surface area contributed by atoms with Crippen molar-refractivity contribution in [2.75, 3.05) is 0 Å². The van der Waals surface area contributed by atoms with Crippen LogP contribution in [0.15, 0.2) is 36.5 Å². The summed E-state index contributed by atoms with van der Waals surface area (Å²) in [6.45, 7) is 1.86. The number of rotatable bonds is 2. The molecule has 0 spiro atoms. The maximum Gasteiger partial charge on any atom is 0.338 e. The van der Waals surface area contributed by atoms with Gasteiger partial charge in [0, 0.05) is 17.5 Å². The third-order valence-corrected chi connectivity index (χ3v) is 2.44. The second-order valence-corrected chi connectivity index (χ2v) is 3.69. The van der Waals surface area contributed by atoms with Gasteiger partial charge in [-0.1, -0.05) is 12.1 Å². The van der Waals surface area contributed by atoms with Crippen LogP contribution in [0.2, 0.25) is 0 Å². The molecule has 0 atom stereocenters. The van der Waals surface area contributed by atoms with E-state index >= 15 is 0 Å². The van der Waals surface area contributed by atoms with E-state index in [1.165, 1.54) is 12.1 Å². The average molecular weight is 231 g/mol. The number of carbonyl (C=O) groups is 1. The first kappa shape index (κ1) is 11.3. The predicted octanol–water partition coefficient (Wildman–Crippen LogP) is 2.89. The van der Waals surface area contributed by atoms with Crippen molar-refractivity contribution >= 4 is 5.97 Å². The average Bonchev–Trinajstić information content (AvgIpc) is 2.29. The van der Waals surface area contributed by atoms with E-state index in [4.69, 9.17) is 5.11 Å². The molecule has 2 rings (SSSR count). The van der Waals surface area contributed by atoms with Crippen molar-refractivity contribution in [2.45, 2.75) is 6.92 Å². The third-order valence-electron chi connectivity index (χ3n) is 2.44. The lowest BCUT2D eigenvalue weighted by Gasteiger charge is -2.03. The maximum atomic E-state index is 13.5. The zero-order chi connectivity index (χ0) is 12.4. The highest BCUT2D eigenvalue weighted by molar-refractivity contribution is 5.88. The van der Waals surface area contributed by atoms with Gasteiger partial charge < -0.3 is 5.11 Å². The van der Waals surface area contributed by atoms with Crippen LogP contribution < -0.4 is 0 Å². The summed E-state index contributed by atoms with van der Waals surface area (Å²) in [5.41, 5.74) is 1.91. The first-order chi connectivity index (χ1) is 8.08. The molecule has 0 saturated carbocycles. The number of carboxylic acid groups (broad SMARTS) is 1. The number of benzene rings is 1. The molecule has 86 valence electrons. The Bertz CT molecular complexity index is 564. The summed E-state index contributed by atoms with van der Waals surface area (Å²) in [6.07, 6.45) is 1.63. The maximum absolute atomic E-state index is 13.5. The Morgan fingerprint density at radius 1 is 1.24 bits per heavy atom. The van der Waals surface area contributed by atoms with Crippen LogP contribution in [0, 0.1) is 12.7 Å². The summed E-state index contributed by atoms with van der Waals surface area (Å²) in [5, 5.41) is 8.71. The van der Waals surface area contributed by atoms with E-state index in [2.05, 4.69) is 4.98 Å². The number of aromatic nitrogens is 1. The van der Waals surface area contributed by atoms with Crippen LogP contribution in [0.4, 0.5) is 4.39 Å². The van der Waals surface area contributed by atoms with Crippen molar-refractivity contribution in [1.82, 2.24) is 4.98 Å².